The van der Waals surface area contributed by atoms with Crippen LogP contribution in [-0.2, 0) is 4.79 Å². The van der Waals surface area contributed by atoms with E-state index in [1.807, 2.05) is 6.07 Å². The zero-order valence-electron chi connectivity index (χ0n) is 6.29. The quantitative estimate of drug-likeness (QED) is 0.440. The molecule has 0 heterocycles. The van der Waals surface area contributed by atoms with E-state index in [4.69, 9.17) is 4.74 Å². The molecule has 0 saturated carbocycles. The van der Waals surface area contributed by atoms with Crippen LogP contribution in [0.25, 0.3) is 0 Å². The van der Waals surface area contributed by atoms with Gasteiger partial charge in [-0.15, -0.1) is 0 Å². The summed E-state index contributed by atoms with van der Waals surface area (Å²) in [5.41, 5.74) is 0. The first-order valence-corrected chi connectivity index (χ1v) is 4.11. The Morgan fingerprint density at radius 1 is 1.33 bits per heavy atom. The molecule has 2 nitrogen and oxygen atoms in total. The summed E-state index contributed by atoms with van der Waals surface area (Å²) in [6.45, 7) is 3.39. The molecule has 0 aliphatic carbocycles. The van der Waals surface area contributed by atoms with E-state index in [0.29, 0.717) is 5.75 Å². The van der Waals surface area contributed by atoms with Crippen molar-refractivity contribution in [1.29, 1.82) is 0 Å². The Labute approximate surface area is 79.0 Å². The largest absolute Gasteiger partial charge is 0.423 e. The van der Waals surface area contributed by atoms with Crippen LogP contribution in [0.1, 0.15) is 0 Å². The Bertz CT molecular complexity index is 293. The molecule has 3 heteroatoms. The molecule has 0 atom stereocenters. The fourth-order valence-corrected chi connectivity index (χ4v) is 0.732. The number of carbonyl (C=O) groups excluding carboxylic acids is 1. The van der Waals surface area contributed by atoms with Crippen molar-refractivity contribution in [3.63, 3.8) is 0 Å². The lowest BCUT2D eigenvalue weighted by Crippen LogP contribution is -2.06. The highest BCUT2D eigenvalue weighted by atomic mass is 79.9. The van der Waals surface area contributed by atoms with E-state index in [1.54, 1.807) is 24.3 Å². The van der Waals surface area contributed by atoms with Gasteiger partial charge in [-0.2, -0.15) is 0 Å². The molecule has 0 aromatic heterocycles. The molecule has 0 fully saturated rings. The van der Waals surface area contributed by atoms with Gasteiger partial charge in [-0.25, -0.2) is 4.79 Å². The van der Waals surface area contributed by atoms with E-state index in [-0.39, 0.29) is 4.48 Å². The zero-order valence-corrected chi connectivity index (χ0v) is 7.87. The maximum Gasteiger partial charge on any atom is 0.350 e. The molecule has 1 rings (SSSR count). The molecule has 1 aromatic carbocycles. The Morgan fingerprint density at radius 3 is 2.42 bits per heavy atom. The number of esters is 1. The standard InChI is InChI=1S/C9H7BrO2/c1-7(10)9(11)12-8-5-3-2-4-6-8/h2-6H,1H2. The number of hydrogen-bond acceptors (Lipinski definition) is 2. The first kappa shape index (κ1) is 9.00. The molecule has 0 saturated heterocycles. The SMILES string of the molecule is C=C(Br)C(=O)Oc1ccccc1. The molecule has 0 radical (unpaired) electrons. The second kappa shape index (κ2) is 4.07. The maximum atomic E-state index is 10.9. The van der Waals surface area contributed by atoms with E-state index in [0.717, 1.165) is 0 Å². The average molecular weight is 227 g/mol. The van der Waals surface area contributed by atoms with Crippen molar-refractivity contribution < 1.29 is 9.53 Å². The van der Waals surface area contributed by atoms with Gasteiger partial charge in [-0.3, -0.25) is 0 Å². The maximum absolute atomic E-state index is 10.9. The molecular weight excluding hydrogens is 220 g/mol. The fraction of sp³-hybridized carbons (Fsp3) is 0. The van der Waals surface area contributed by atoms with Gasteiger partial charge in [0.1, 0.15) is 5.75 Å². The van der Waals surface area contributed by atoms with Crippen molar-refractivity contribution in [3.8, 4) is 5.75 Å². The van der Waals surface area contributed by atoms with Crippen LogP contribution in [0.3, 0.4) is 0 Å². The smallest absolute Gasteiger partial charge is 0.350 e. The van der Waals surface area contributed by atoms with Crippen molar-refractivity contribution in [2.75, 3.05) is 0 Å². The van der Waals surface area contributed by atoms with Gasteiger partial charge >= 0.3 is 5.97 Å². The highest BCUT2D eigenvalue weighted by molar-refractivity contribution is 9.12. The van der Waals surface area contributed by atoms with Crippen LogP contribution in [0.2, 0.25) is 0 Å². The van der Waals surface area contributed by atoms with Gasteiger partial charge in [0.05, 0.1) is 4.48 Å². The molecule has 0 aliphatic heterocycles. The summed E-state index contributed by atoms with van der Waals surface area (Å²) < 4.78 is 5.10. The fourth-order valence-electron chi connectivity index (χ4n) is 0.651. The normalized spacial score (nSPS) is 9.08. The third kappa shape index (κ3) is 2.51. The third-order valence-corrected chi connectivity index (χ3v) is 1.50. The van der Waals surface area contributed by atoms with Crippen LogP contribution in [0.5, 0.6) is 5.75 Å². The Kier molecular flexibility index (Phi) is 3.05. The summed E-state index contributed by atoms with van der Waals surface area (Å²) >= 11 is 2.93. The molecule has 0 unspecified atom stereocenters. The van der Waals surface area contributed by atoms with Crippen LogP contribution in [0.15, 0.2) is 41.4 Å². The van der Waals surface area contributed by atoms with E-state index in [1.165, 1.54) is 0 Å². The second-order valence-electron chi connectivity index (χ2n) is 2.11. The van der Waals surface area contributed by atoms with Crippen molar-refractivity contribution in [2.45, 2.75) is 0 Å². The lowest BCUT2D eigenvalue weighted by atomic mass is 10.3. The second-order valence-corrected chi connectivity index (χ2v) is 3.06. The number of para-hydroxylation sites is 1. The van der Waals surface area contributed by atoms with Gasteiger partial charge in [0.25, 0.3) is 0 Å². The number of carbonyl (C=O) groups is 1. The molecular formula is C9H7BrO2. The lowest BCUT2D eigenvalue weighted by molar-refractivity contribution is -0.129. The minimum absolute atomic E-state index is 0.214. The van der Waals surface area contributed by atoms with Crippen molar-refractivity contribution >= 4 is 21.9 Å². The van der Waals surface area contributed by atoms with E-state index >= 15 is 0 Å². The first-order chi connectivity index (χ1) is 5.70. The summed E-state index contributed by atoms with van der Waals surface area (Å²) in [6, 6.07) is 8.83. The summed E-state index contributed by atoms with van der Waals surface area (Å²) in [5, 5.41) is 0. The van der Waals surface area contributed by atoms with Crippen LogP contribution >= 0.6 is 15.9 Å². The number of benzene rings is 1. The number of rotatable bonds is 2. The minimum atomic E-state index is -0.471. The molecule has 0 N–H and O–H groups in total. The monoisotopic (exact) mass is 226 g/mol. The van der Waals surface area contributed by atoms with Crippen molar-refractivity contribution in [3.05, 3.63) is 41.4 Å². The lowest BCUT2D eigenvalue weighted by Gasteiger charge is -2.00. The van der Waals surface area contributed by atoms with Gasteiger partial charge in [0.2, 0.25) is 0 Å². The Hall–Kier alpha value is -1.09. The molecule has 0 spiro atoms. The molecule has 0 amide bonds. The van der Waals surface area contributed by atoms with Crippen LogP contribution in [-0.4, -0.2) is 5.97 Å². The number of ether oxygens (including phenoxy) is 1. The topological polar surface area (TPSA) is 26.3 Å². The Balaban J connectivity index is 2.65. The van der Waals surface area contributed by atoms with E-state index < -0.39 is 5.97 Å². The molecule has 1 aromatic rings. The van der Waals surface area contributed by atoms with Crippen molar-refractivity contribution in [1.82, 2.24) is 0 Å². The average Bonchev–Trinajstić information content (AvgIpc) is 2.06. The van der Waals surface area contributed by atoms with Gasteiger partial charge in [0.15, 0.2) is 0 Å². The molecule has 62 valence electrons. The molecule has 12 heavy (non-hydrogen) atoms. The van der Waals surface area contributed by atoms with Crippen molar-refractivity contribution in [2.24, 2.45) is 0 Å². The summed E-state index contributed by atoms with van der Waals surface area (Å²) in [7, 11) is 0. The predicted octanol–water partition coefficient (Wildman–Crippen LogP) is 2.50. The zero-order chi connectivity index (χ0) is 8.97. The van der Waals surface area contributed by atoms with Crippen LogP contribution < -0.4 is 4.74 Å². The summed E-state index contributed by atoms with van der Waals surface area (Å²) in [4.78, 5) is 10.9. The number of hydrogen-bond donors (Lipinski definition) is 0. The number of halogens is 1. The minimum Gasteiger partial charge on any atom is -0.423 e. The van der Waals surface area contributed by atoms with Crippen LogP contribution in [0.4, 0.5) is 0 Å². The van der Waals surface area contributed by atoms with E-state index in [2.05, 4.69) is 22.5 Å². The first-order valence-electron chi connectivity index (χ1n) is 3.32. The summed E-state index contributed by atoms with van der Waals surface area (Å²) in [6.07, 6.45) is 0. The van der Waals surface area contributed by atoms with Crippen LogP contribution in [0, 0.1) is 0 Å². The highest BCUT2D eigenvalue weighted by Gasteiger charge is 2.04. The summed E-state index contributed by atoms with van der Waals surface area (Å²) in [5.74, 6) is 0.0456. The van der Waals surface area contributed by atoms with Gasteiger partial charge in [-0.05, 0) is 28.1 Å². The van der Waals surface area contributed by atoms with Gasteiger partial charge in [-0.1, -0.05) is 24.8 Å². The predicted molar refractivity (Wildman–Crippen MR) is 50.1 cm³/mol. The highest BCUT2D eigenvalue weighted by Crippen LogP contribution is 2.12. The van der Waals surface area contributed by atoms with E-state index in [9.17, 15) is 4.79 Å². The molecule has 0 bridgehead atoms. The van der Waals surface area contributed by atoms with Gasteiger partial charge < -0.3 is 4.74 Å². The molecule has 0 aliphatic rings. The van der Waals surface area contributed by atoms with Gasteiger partial charge in [0, 0.05) is 0 Å². The Morgan fingerprint density at radius 2 is 1.92 bits per heavy atom. The third-order valence-electron chi connectivity index (χ3n) is 1.18.